The van der Waals surface area contributed by atoms with Crippen molar-refractivity contribution in [2.45, 2.75) is 39.2 Å². The van der Waals surface area contributed by atoms with Gasteiger partial charge in [-0.05, 0) is 63.8 Å². The number of hydrogen-bond acceptors (Lipinski definition) is 7. The summed E-state index contributed by atoms with van der Waals surface area (Å²) < 4.78 is 5.28. The van der Waals surface area contributed by atoms with Crippen LogP contribution < -0.4 is 16.0 Å². The zero-order valence-corrected chi connectivity index (χ0v) is 17.7. The molecule has 164 valence electrons. The van der Waals surface area contributed by atoms with Crippen LogP contribution in [0.2, 0.25) is 0 Å². The number of carbonyl (C=O) groups excluding carboxylic acids is 2. The number of amides is 1. The number of ketones is 1. The monoisotopic (exact) mass is 415 g/mol. The summed E-state index contributed by atoms with van der Waals surface area (Å²) in [6.07, 6.45) is 3.02. The Labute approximate surface area is 179 Å². The van der Waals surface area contributed by atoms with Crippen LogP contribution >= 0.6 is 0 Å². The first-order chi connectivity index (χ1) is 14.2. The fourth-order valence-electron chi connectivity index (χ4n) is 3.38. The molecule has 0 unspecified atom stereocenters. The Morgan fingerprint density at radius 2 is 1.97 bits per heavy atom. The second-order valence-electron chi connectivity index (χ2n) is 8.46. The quantitative estimate of drug-likeness (QED) is 0.719. The summed E-state index contributed by atoms with van der Waals surface area (Å²) in [6, 6.07) is 8.77. The van der Waals surface area contributed by atoms with Crippen LogP contribution in [0.15, 0.2) is 36.5 Å². The number of nitrogen functional groups attached to an aromatic ring is 1. The highest BCUT2D eigenvalue weighted by molar-refractivity contribution is 6.10. The molecule has 3 N–H and O–H groups in total. The minimum Gasteiger partial charge on any atom is -0.444 e. The number of nitrogens with one attached hydrogen (secondary N) is 1. The molecule has 0 atom stereocenters. The zero-order valence-electron chi connectivity index (χ0n) is 17.7. The molecule has 3 rings (SSSR count). The minimum absolute atomic E-state index is 0. The van der Waals surface area contributed by atoms with Gasteiger partial charge in [0.2, 0.25) is 5.78 Å². The van der Waals surface area contributed by atoms with Crippen molar-refractivity contribution in [1.29, 1.82) is 0 Å². The summed E-state index contributed by atoms with van der Waals surface area (Å²) in [5.74, 6) is 1.11. The van der Waals surface area contributed by atoms with Gasteiger partial charge in [0.15, 0.2) is 0 Å². The topological polar surface area (TPSA) is 110 Å². The van der Waals surface area contributed by atoms with E-state index in [2.05, 4.69) is 20.2 Å². The number of nitrogens with zero attached hydrogens (tertiary/aromatic N) is 3. The standard InChI is InChI=1S/C22H29N5O3.2H2/c1-22(2,3)30-21(29)25-14-15-9-12-27(13-10-15)18-8-4-7-17(26-18)19(28)16-6-5-11-24-20(16)23;;/h4-8,11,15H,9-10,12-14H2,1-3H3,(H2,23,24)(H,25,29);2*1H. The molecular formula is C22H33N5O3. The summed E-state index contributed by atoms with van der Waals surface area (Å²) in [5, 5.41) is 2.85. The third kappa shape index (κ3) is 5.68. The van der Waals surface area contributed by atoms with Crippen molar-refractivity contribution >= 4 is 23.5 Å². The number of pyridine rings is 2. The summed E-state index contributed by atoms with van der Waals surface area (Å²) in [7, 11) is 0. The van der Waals surface area contributed by atoms with E-state index in [1.807, 2.05) is 32.9 Å². The minimum atomic E-state index is -0.498. The molecule has 1 aliphatic heterocycles. The Bertz CT molecular complexity index is 912. The fraction of sp³-hybridized carbons (Fsp3) is 0.455. The van der Waals surface area contributed by atoms with Gasteiger partial charge in [0, 0.05) is 28.7 Å². The van der Waals surface area contributed by atoms with Crippen molar-refractivity contribution in [3.63, 3.8) is 0 Å². The highest BCUT2D eigenvalue weighted by Crippen LogP contribution is 2.23. The lowest BCUT2D eigenvalue weighted by molar-refractivity contribution is 0.0516. The first-order valence-electron chi connectivity index (χ1n) is 10.2. The fourth-order valence-corrected chi connectivity index (χ4v) is 3.38. The molecule has 0 aromatic carbocycles. The number of piperidine rings is 1. The molecule has 3 heterocycles. The van der Waals surface area contributed by atoms with Gasteiger partial charge in [0.1, 0.15) is 22.9 Å². The van der Waals surface area contributed by atoms with Gasteiger partial charge in [-0.15, -0.1) is 0 Å². The predicted octanol–water partition coefficient (Wildman–Crippen LogP) is 3.52. The number of carbonyl (C=O) groups is 2. The van der Waals surface area contributed by atoms with E-state index in [4.69, 9.17) is 10.5 Å². The molecule has 0 spiro atoms. The van der Waals surface area contributed by atoms with Gasteiger partial charge in [-0.2, -0.15) is 0 Å². The third-order valence-electron chi connectivity index (χ3n) is 4.92. The van der Waals surface area contributed by atoms with E-state index in [-0.39, 0.29) is 20.5 Å². The van der Waals surface area contributed by atoms with Crippen LogP contribution in [0.3, 0.4) is 0 Å². The molecule has 1 fully saturated rings. The first-order valence-corrected chi connectivity index (χ1v) is 10.2. The normalized spacial score (nSPS) is 15.0. The SMILES string of the molecule is CC(C)(C)OC(=O)NCC1CCN(c2cccc(C(=O)c3cccnc3N)n2)CC1.[HH].[HH]. The van der Waals surface area contributed by atoms with Gasteiger partial charge in [-0.3, -0.25) is 4.79 Å². The van der Waals surface area contributed by atoms with Crippen LogP contribution in [0.25, 0.3) is 0 Å². The van der Waals surface area contributed by atoms with Crippen molar-refractivity contribution in [2.24, 2.45) is 5.92 Å². The Morgan fingerprint density at radius 1 is 1.23 bits per heavy atom. The average Bonchev–Trinajstić information content (AvgIpc) is 2.71. The Morgan fingerprint density at radius 3 is 2.63 bits per heavy atom. The zero-order chi connectivity index (χ0) is 21.7. The molecule has 0 aliphatic carbocycles. The van der Waals surface area contributed by atoms with Gasteiger partial charge < -0.3 is 20.7 Å². The molecular weight excluding hydrogens is 382 g/mol. The Balaban J connectivity index is 0.00000256. The van der Waals surface area contributed by atoms with E-state index >= 15 is 0 Å². The summed E-state index contributed by atoms with van der Waals surface area (Å²) in [6.45, 7) is 7.74. The molecule has 0 radical (unpaired) electrons. The number of aromatic nitrogens is 2. The third-order valence-corrected chi connectivity index (χ3v) is 4.92. The second kappa shape index (κ2) is 9.11. The van der Waals surface area contributed by atoms with Crippen LogP contribution in [0.5, 0.6) is 0 Å². The molecule has 0 saturated carbocycles. The number of anilines is 2. The lowest BCUT2D eigenvalue weighted by Crippen LogP contribution is -2.40. The molecule has 1 saturated heterocycles. The number of alkyl carbamates (subject to hydrolysis) is 1. The van der Waals surface area contributed by atoms with Crippen LogP contribution in [0, 0.1) is 5.92 Å². The van der Waals surface area contributed by atoms with Gasteiger partial charge in [0.05, 0.1) is 5.56 Å². The van der Waals surface area contributed by atoms with Crippen molar-refractivity contribution in [3.8, 4) is 0 Å². The first kappa shape index (κ1) is 21.5. The highest BCUT2D eigenvalue weighted by atomic mass is 16.6. The molecule has 8 nitrogen and oxygen atoms in total. The van der Waals surface area contributed by atoms with Crippen LogP contribution in [0.1, 0.15) is 52.5 Å². The maximum Gasteiger partial charge on any atom is 0.407 e. The van der Waals surface area contributed by atoms with E-state index in [0.717, 1.165) is 31.7 Å². The molecule has 2 aromatic rings. The van der Waals surface area contributed by atoms with E-state index in [9.17, 15) is 9.59 Å². The summed E-state index contributed by atoms with van der Waals surface area (Å²) in [5.41, 5.74) is 6.04. The molecule has 1 aliphatic rings. The largest absolute Gasteiger partial charge is 0.444 e. The lowest BCUT2D eigenvalue weighted by atomic mass is 9.97. The maximum atomic E-state index is 12.7. The van der Waals surface area contributed by atoms with Gasteiger partial charge >= 0.3 is 6.09 Å². The molecule has 2 aromatic heterocycles. The van der Waals surface area contributed by atoms with E-state index in [0.29, 0.717) is 23.7 Å². The summed E-state index contributed by atoms with van der Waals surface area (Å²) in [4.78, 5) is 35.3. The van der Waals surface area contributed by atoms with Crippen molar-refractivity contribution in [2.75, 3.05) is 30.3 Å². The molecule has 30 heavy (non-hydrogen) atoms. The van der Waals surface area contributed by atoms with E-state index in [1.54, 1.807) is 24.4 Å². The van der Waals surface area contributed by atoms with E-state index in [1.165, 1.54) is 0 Å². The second-order valence-corrected chi connectivity index (χ2v) is 8.46. The molecule has 8 heteroatoms. The smallest absolute Gasteiger partial charge is 0.407 e. The molecule has 1 amide bonds. The Kier molecular flexibility index (Phi) is 6.54. The Hall–Kier alpha value is -3.16. The highest BCUT2D eigenvalue weighted by Gasteiger charge is 2.23. The van der Waals surface area contributed by atoms with Crippen molar-refractivity contribution < 1.29 is 17.2 Å². The predicted molar refractivity (Wildman–Crippen MR) is 120 cm³/mol. The van der Waals surface area contributed by atoms with Crippen LogP contribution in [-0.2, 0) is 4.74 Å². The maximum absolute atomic E-state index is 12.7. The lowest BCUT2D eigenvalue weighted by Gasteiger charge is -2.33. The number of nitrogens with two attached hydrogens (primary N) is 1. The number of rotatable bonds is 5. The number of hydrogen-bond donors (Lipinski definition) is 2. The number of ether oxygens (including phenoxy) is 1. The van der Waals surface area contributed by atoms with Gasteiger partial charge in [0.25, 0.3) is 0 Å². The van der Waals surface area contributed by atoms with Gasteiger partial charge in [-0.25, -0.2) is 14.8 Å². The average molecular weight is 416 g/mol. The van der Waals surface area contributed by atoms with Crippen molar-refractivity contribution in [1.82, 2.24) is 15.3 Å². The van der Waals surface area contributed by atoms with Crippen LogP contribution in [0.4, 0.5) is 16.4 Å². The van der Waals surface area contributed by atoms with Crippen molar-refractivity contribution in [3.05, 3.63) is 47.8 Å². The van der Waals surface area contributed by atoms with E-state index < -0.39 is 5.60 Å². The summed E-state index contributed by atoms with van der Waals surface area (Å²) >= 11 is 0. The van der Waals surface area contributed by atoms with Crippen LogP contribution in [-0.4, -0.2) is 47.1 Å². The molecule has 0 bridgehead atoms. The van der Waals surface area contributed by atoms with Gasteiger partial charge in [-0.1, -0.05) is 6.07 Å².